The Bertz CT molecular complexity index is 1080. The number of ether oxygens (including phenoxy) is 3. The van der Waals surface area contributed by atoms with E-state index in [0.29, 0.717) is 40.6 Å². The second-order valence-corrected chi connectivity index (χ2v) is 6.94. The van der Waals surface area contributed by atoms with Crippen molar-refractivity contribution in [2.24, 2.45) is 0 Å². The molecule has 0 bridgehead atoms. The summed E-state index contributed by atoms with van der Waals surface area (Å²) in [5.74, 6) is 0.597. The summed E-state index contributed by atoms with van der Waals surface area (Å²) in [6.45, 7) is 0. The number of aromatic amines is 1. The number of nitrogens with zero attached hydrogens (tertiary/aromatic N) is 3. The van der Waals surface area contributed by atoms with Crippen LogP contribution in [0.2, 0.25) is 0 Å². The van der Waals surface area contributed by atoms with Crippen molar-refractivity contribution < 1.29 is 23.8 Å². The number of esters is 1. The molecule has 0 saturated carbocycles. The minimum atomic E-state index is -0.684. The molecule has 0 fully saturated rings. The van der Waals surface area contributed by atoms with E-state index in [1.54, 1.807) is 12.1 Å². The van der Waals surface area contributed by atoms with Gasteiger partial charge in [0.25, 0.3) is 0 Å². The van der Waals surface area contributed by atoms with Crippen LogP contribution >= 0.6 is 0 Å². The predicted molar refractivity (Wildman–Crippen MR) is 109 cm³/mol. The minimum Gasteiger partial charge on any atom is -0.493 e. The van der Waals surface area contributed by atoms with Gasteiger partial charge >= 0.3 is 5.97 Å². The van der Waals surface area contributed by atoms with E-state index >= 15 is 0 Å². The monoisotopic (exact) mass is 423 g/mol. The van der Waals surface area contributed by atoms with Crippen LogP contribution < -0.4 is 14.8 Å². The van der Waals surface area contributed by atoms with Crippen molar-refractivity contribution in [2.75, 3.05) is 19.5 Å². The molecule has 1 atom stereocenters. The molecule has 0 saturated heterocycles. The van der Waals surface area contributed by atoms with Crippen molar-refractivity contribution in [1.29, 1.82) is 0 Å². The van der Waals surface area contributed by atoms with Crippen LogP contribution in [-0.4, -0.2) is 46.7 Å². The van der Waals surface area contributed by atoms with E-state index in [0.717, 1.165) is 12.0 Å². The van der Waals surface area contributed by atoms with Crippen molar-refractivity contribution in [2.45, 2.75) is 25.4 Å². The van der Waals surface area contributed by atoms with E-state index in [1.807, 2.05) is 24.3 Å². The highest BCUT2D eigenvalue weighted by Crippen LogP contribution is 2.43. The summed E-state index contributed by atoms with van der Waals surface area (Å²) < 4.78 is 16.0. The van der Waals surface area contributed by atoms with Gasteiger partial charge in [-0.25, -0.2) is 4.79 Å². The SMILES string of the molecule is COc1ccc2c(c1OC)C(=O)O[C@@H]2CC(=O)Nc1ccc(CCc2nn[nH]n2)cc1. The first-order valence-electron chi connectivity index (χ1n) is 9.66. The van der Waals surface area contributed by atoms with E-state index in [-0.39, 0.29) is 12.3 Å². The Kier molecular flexibility index (Phi) is 5.78. The number of cyclic esters (lactones) is 1. The maximum Gasteiger partial charge on any atom is 0.343 e. The molecule has 0 unspecified atom stereocenters. The van der Waals surface area contributed by atoms with Gasteiger partial charge in [0.1, 0.15) is 11.7 Å². The zero-order valence-electron chi connectivity index (χ0n) is 17.0. The van der Waals surface area contributed by atoms with E-state index in [9.17, 15) is 9.59 Å². The lowest BCUT2D eigenvalue weighted by atomic mass is 10.0. The maximum absolute atomic E-state index is 12.5. The number of carbonyl (C=O) groups excluding carboxylic acids is 2. The summed E-state index contributed by atoms with van der Waals surface area (Å²) in [4.78, 5) is 24.9. The van der Waals surface area contributed by atoms with Gasteiger partial charge in [0.05, 0.1) is 20.6 Å². The molecule has 1 aliphatic heterocycles. The first-order chi connectivity index (χ1) is 15.1. The lowest BCUT2D eigenvalue weighted by molar-refractivity contribution is -0.118. The number of H-pyrrole nitrogens is 1. The van der Waals surface area contributed by atoms with Gasteiger partial charge in [0.2, 0.25) is 5.91 Å². The second kappa shape index (κ2) is 8.82. The highest BCUT2D eigenvalue weighted by atomic mass is 16.6. The first kappa shape index (κ1) is 20.3. The van der Waals surface area contributed by atoms with E-state index in [1.165, 1.54) is 14.2 Å². The van der Waals surface area contributed by atoms with E-state index in [2.05, 4.69) is 25.9 Å². The molecule has 10 nitrogen and oxygen atoms in total. The molecule has 0 radical (unpaired) electrons. The largest absolute Gasteiger partial charge is 0.493 e. The van der Waals surface area contributed by atoms with Crippen LogP contribution in [0, 0.1) is 0 Å². The van der Waals surface area contributed by atoms with Crippen LogP contribution in [-0.2, 0) is 22.4 Å². The zero-order valence-corrected chi connectivity index (χ0v) is 17.0. The molecular weight excluding hydrogens is 402 g/mol. The summed E-state index contributed by atoms with van der Waals surface area (Å²) in [5, 5.41) is 16.6. The summed E-state index contributed by atoms with van der Waals surface area (Å²) >= 11 is 0. The number of fused-ring (bicyclic) bond motifs is 1. The third-order valence-corrected chi connectivity index (χ3v) is 5.01. The summed E-state index contributed by atoms with van der Waals surface area (Å²) in [5.41, 5.74) is 2.65. The first-order valence-corrected chi connectivity index (χ1v) is 9.66. The van der Waals surface area contributed by atoms with Gasteiger partial charge in [-0.1, -0.05) is 23.4 Å². The number of hydrogen-bond donors (Lipinski definition) is 2. The molecule has 0 spiro atoms. The lowest BCUT2D eigenvalue weighted by Gasteiger charge is -2.13. The number of amides is 1. The zero-order chi connectivity index (χ0) is 21.8. The minimum absolute atomic E-state index is 0.00615. The van der Waals surface area contributed by atoms with Gasteiger partial charge in [-0.3, -0.25) is 4.79 Å². The Morgan fingerprint density at radius 3 is 2.61 bits per heavy atom. The number of anilines is 1. The van der Waals surface area contributed by atoms with Crippen molar-refractivity contribution in [3.8, 4) is 11.5 Å². The Morgan fingerprint density at radius 2 is 1.94 bits per heavy atom. The highest BCUT2D eigenvalue weighted by molar-refractivity contribution is 5.99. The molecule has 2 N–H and O–H groups in total. The van der Waals surface area contributed by atoms with Crippen molar-refractivity contribution in [1.82, 2.24) is 20.6 Å². The Balaban J connectivity index is 1.38. The number of aromatic nitrogens is 4. The third kappa shape index (κ3) is 4.32. The predicted octanol–water partition coefficient (Wildman–Crippen LogP) is 2.24. The number of methoxy groups -OCH3 is 2. The summed E-state index contributed by atoms with van der Waals surface area (Å²) in [6, 6.07) is 10.9. The standard InChI is InChI=1S/C21H21N5O5/c1-29-15-9-8-14-16(31-21(28)19(14)20(15)30-2)11-18(27)22-13-6-3-12(4-7-13)5-10-17-23-25-26-24-17/h3-4,6-9,16H,5,10-11H2,1-2H3,(H,22,27)(H,23,24,25,26)/t16-/m1/s1. The number of carbonyl (C=O) groups is 2. The van der Waals surface area contributed by atoms with Crippen molar-refractivity contribution >= 4 is 17.6 Å². The van der Waals surface area contributed by atoms with Gasteiger partial charge in [-0.05, 0) is 30.2 Å². The fraction of sp³-hybridized carbons (Fsp3) is 0.286. The molecule has 3 aromatic rings. The highest BCUT2D eigenvalue weighted by Gasteiger charge is 2.36. The quantitative estimate of drug-likeness (QED) is 0.528. The smallest absolute Gasteiger partial charge is 0.343 e. The number of tetrazole rings is 1. The molecule has 0 aliphatic carbocycles. The average molecular weight is 423 g/mol. The maximum atomic E-state index is 12.5. The topological polar surface area (TPSA) is 128 Å². The molecule has 10 heteroatoms. The molecular formula is C21H21N5O5. The summed E-state index contributed by atoms with van der Waals surface area (Å²) in [7, 11) is 2.95. The second-order valence-electron chi connectivity index (χ2n) is 6.94. The normalized spacial score (nSPS) is 14.6. The molecule has 1 amide bonds. The van der Waals surface area contributed by atoms with Crippen LogP contribution in [0.1, 0.15) is 39.8 Å². The van der Waals surface area contributed by atoms with Gasteiger partial charge in [-0.2, -0.15) is 5.21 Å². The van der Waals surface area contributed by atoms with Crippen LogP contribution in [0.5, 0.6) is 11.5 Å². The molecule has 31 heavy (non-hydrogen) atoms. The Morgan fingerprint density at radius 1 is 1.13 bits per heavy atom. The summed E-state index contributed by atoms with van der Waals surface area (Å²) in [6.07, 6.45) is 0.737. The molecule has 160 valence electrons. The van der Waals surface area contributed by atoms with Crippen molar-refractivity contribution in [3.63, 3.8) is 0 Å². The van der Waals surface area contributed by atoms with Gasteiger partial charge in [0, 0.05) is 17.7 Å². The fourth-order valence-electron chi connectivity index (χ4n) is 3.50. The number of rotatable bonds is 8. The fourth-order valence-corrected chi connectivity index (χ4v) is 3.50. The third-order valence-electron chi connectivity index (χ3n) is 5.01. The van der Waals surface area contributed by atoms with Crippen LogP contribution in [0.25, 0.3) is 0 Å². The van der Waals surface area contributed by atoms with Crippen molar-refractivity contribution in [3.05, 3.63) is 58.9 Å². The lowest BCUT2D eigenvalue weighted by Crippen LogP contribution is -2.15. The number of benzene rings is 2. The van der Waals surface area contributed by atoms with Gasteiger partial charge < -0.3 is 19.5 Å². The van der Waals surface area contributed by atoms with Gasteiger partial charge in [0.15, 0.2) is 17.3 Å². The number of hydrogen-bond acceptors (Lipinski definition) is 8. The van der Waals surface area contributed by atoms with Crippen LogP contribution in [0.4, 0.5) is 5.69 Å². The number of nitrogens with one attached hydrogen (secondary N) is 2. The molecule has 2 aromatic carbocycles. The molecule has 2 heterocycles. The molecule has 1 aliphatic rings. The van der Waals surface area contributed by atoms with Gasteiger partial charge in [-0.15, -0.1) is 10.2 Å². The number of aryl methyl sites for hydroxylation is 2. The molecule has 1 aromatic heterocycles. The van der Waals surface area contributed by atoms with Crippen LogP contribution in [0.15, 0.2) is 36.4 Å². The Labute approximate surface area is 177 Å². The van der Waals surface area contributed by atoms with E-state index < -0.39 is 12.1 Å². The molecule has 4 rings (SSSR count). The van der Waals surface area contributed by atoms with Crippen LogP contribution in [0.3, 0.4) is 0 Å². The Hall–Kier alpha value is -3.95. The van der Waals surface area contributed by atoms with E-state index in [4.69, 9.17) is 14.2 Å². The average Bonchev–Trinajstić information content (AvgIpc) is 3.40.